The molecule has 0 radical (unpaired) electrons. The van der Waals surface area contributed by atoms with E-state index in [1.807, 2.05) is 24.3 Å². The van der Waals surface area contributed by atoms with E-state index in [9.17, 15) is 4.79 Å². The summed E-state index contributed by atoms with van der Waals surface area (Å²) < 4.78 is 1.16. The third kappa shape index (κ3) is 3.68. The maximum Gasteiger partial charge on any atom is 0.176 e. The number of benzene rings is 1. The van der Waals surface area contributed by atoms with Crippen LogP contribution in [0, 0.1) is 3.57 Å². The molecular weight excluding hydrogens is 381 g/mol. The molecule has 0 bridgehead atoms. The Balaban J connectivity index is 1.67. The van der Waals surface area contributed by atoms with E-state index in [-0.39, 0.29) is 5.78 Å². The lowest BCUT2D eigenvalue weighted by molar-refractivity contribution is 0.0919. The van der Waals surface area contributed by atoms with Crippen molar-refractivity contribution in [1.82, 2.24) is 4.90 Å². The number of carbonyl (C=O) groups is 1. The molecule has 3 rings (SSSR count). The smallest absolute Gasteiger partial charge is 0.176 e. The van der Waals surface area contributed by atoms with Gasteiger partial charge >= 0.3 is 0 Å². The Kier molecular flexibility index (Phi) is 4.53. The minimum atomic E-state index is 0.225. The number of carbonyl (C=O) groups excluding carboxylic acids is 1. The number of nitrogens with zero attached hydrogens (tertiary/aromatic N) is 1. The van der Waals surface area contributed by atoms with Crippen molar-refractivity contribution in [3.05, 3.63) is 55.8 Å². The van der Waals surface area contributed by atoms with Crippen LogP contribution in [0.2, 0.25) is 0 Å². The maximum atomic E-state index is 12.4. The van der Waals surface area contributed by atoms with Crippen LogP contribution in [0.1, 0.15) is 28.8 Å². The summed E-state index contributed by atoms with van der Waals surface area (Å²) in [6.07, 6.45) is 2.45. The second kappa shape index (κ2) is 6.37. The van der Waals surface area contributed by atoms with Crippen LogP contribution < -0.4 is 0 Å². The molecule has 0 atom stereocenters. The third-order valence-electron chi connectivity index (χ3n) is 3.54. The van der Waals surface area contributed by atoms with Crippen LogP contribution in [-0.4, -0.2) is 23.3 Å². The lowest BCUT2D eigenvalue weighted by atomic mass is 10.1. The zero-order chi connectivity index (χ0) is 13.9. The van der Waals surface area contributed by atoms with Gasteiger partial charge in [0, 0.05) is 21.7 Å². The average Bonchev–Trinajstić information content (AvgIpc) is 3.17. The van der Waals surface area contributed by atoms with E-state index in [1.54, 1.807) is 11.3 Å². The minimum Gasteiger partial charge on any atom is -0.293 e. The number of halogens is 1. The normalized spacial score (nSPS) is 14.7. The van der Waals surface area contributed by atoms with Gasteiger partial charge < -0.3 is 0 Å². The second-order valence-electron chi connectivity index (χ2n) is 5.20. The minimum absolute atomic E-state index is 0.225. The summed E-state index contributed by atoms with van der Waals surface area (Å²) in [5.74, 6) is 0.225. The van der Waals surface area contributed by atoms with Crippen LogP contribution in [0.4, 0.5) is 0 Å². The number of Topliss-reactive ketones (excluding diaryl/α,β-unsaturated/α-hetero) is 1. The lowest BCUT2D eigenvalue weighted by Gasteiger charge is -2.20. The fourth-order valence-corrected chi connectivity index (χ4v) is 3.30. The van der Waals surface area contributed by atoms with Crippen LogP contribution >= 0.6 is 33.9 Å². The average molecular weight is 397 g/mol. The van der Waals surface area contributed by atoms with E-state index in [2.05, 4.69) is 44.3 Å². The topological polar surface area (TPSA) is 20.3 Å². The molecule has 1 aliphatic rings. The number of thiophene rings is 1. The van der Waals surface area contributed by atoms with Crippen molar-refractivity contribution in [3.63, 3.8) is 0 Å². The highest BCUT2D eigenvalue weighted by atomic mass is 127. The lowest BCUT2D eigenvalue weighted by Crippen LogP contribution is -2.31. The molecule has 1 aliphatic carbocycles. The van der Waals surface area contributed by atoms with E-state index >= 15 is 0 Å². The molecule has 2 nitrogen and oxygen atoms in total. The Labute approximate surface area is 136 Å². The number of hydrogen-bond donors (Lipinski definition) is 0. The van der Waals surface area contributed by atoms with Crippen molar-refractivity contribution in [2.24, 2.45) is 0 Å². The van der Waals surface area contributed by atoms with Crippen molar-refractivity contribution in [1.29, 1.82) is 0 Å². The maximum absolute atomic E-state index is 12.4. The number of hydrogen-bond acceptors (Lipinski definition) is 3. The largest absolute Gasteiger partial charge is 0.293 e. The molecule has 0 unspecified atom stereocenters. The standard InChI is InChI=1S/C16H16INOS/c17-14-3-1-13(2-4-14)16(19)10-18(15-5-6-15)9-12-7-8-20-11-12/h1-4,7-8,11,15H,5-6,9-10H2. The molecule has 1 aromatic carbocycles. The molecule has 0 aliphatic heterocycles. The van der Waals surface area contributed by atoms with Gasteiger partial charge in [0.15, 0.2) is 5.78 Å². The van der Waals surface area contributed by atoms with Gasteiger partial charge in [0.2, 0.25) is 0 Å². The molecule has 4 heteroatoms. The zero-order valence-corrected chi connectivity index (χ0v) is 14.1. The summed E-state index contributed by atoms with van der Waals surface area (Å²) >= 11 is 3.98. The van der Waals surface area contributed by atoms with Crippen molar-refractivity contribution in [3.8, 4) is 0 Å². The van der Waals surface area contributed by atoms with Gasteiger partial charge in [0.05, 0.1) is 6.54 Å². The molecule has 2 aromatic rings. The van der Waals surface area contributed by atoms with Gasteiger partial charge in [-0.3, -0.25) is 9.69 Å². The first-order chi connectivity index (χ1) is 9.72. The van der Waals surface area contributed by atoms with E-state index in [0.29, 0.717) is 12.6 Å². The van der Waals surface area contributed by atoms with Gasteiger partial charge in [0.25, 0.3) is 0 Å². The van der Waals surface area contributed by atoms with Gasteiger partial charge in [-0.1, -0.05) is 12.1 Å². The van der Waals surface area contributed by atoms with Crippen molar-refractivity contribution in [2.75, 3.05) is 6.54 Å². The molecule has 1 aromatic heterocycles. The van der Waals surface area contributed by atoms with Gasteiger partial charge in [-0.15, -0.1) is 0 Å². The first-order valence-electron chi connectivity index (χ1n) is 6.76. The van der Waals surface area contributed by atoms with Crippen LogP contribution in [0.15, 0.2) is 41.1 Å². The quantitative estimate of drug-likeness (QED) is 0.538. The van der Waals surface area contributed by atoms with Crippen molar-refractivity contribution < 1.29 is 4.79 Å². The molecule has 20 heavy (non-hydrogen) atoms. The molecule has 1 heterocycles. The Bertz CT molecular complexity index is 575. The molecule has 1 fully saturated rings. The molecule has 0 saturated heterocycles. The predicted molar refractivity (Wildman–Crippen MR) is 91.2 cm³/mol. The van der Waals surface area contributed by atoms with Crippen molar-refractivity contribution >= 4 is 39.7 Å². The molecule has 0 N–H and O–H groups in total. The fraction of sp³-hybridized carbons (Fsp3) is 0.312. The monoisotopic (exact) mass is 397 g/mol. The van der Waals surface area contributed by atoms with Crippen LogP contribution in [0.3, 0.4) is 0 Å². The second-order valence-corrected chi connectivity index (χ2v) is 7.22. The molecule has 0 amide bonds. The first-order valence-corrected chi connectivity index (χ1v) is 8.78. The molecule has 0 spiro atoms. The van der Waals surface area contributed by atoms with Gasteiger partial charge in [-0.25, -0.2) is 0 Å². The van der Waals surface area contributed by atoms with Crippen LogP contribution in [-0.2, 0) is 6.54 Å². The van der Waals surface area contributed by atoms with Crippen LogP contribution in [0.25, 0.3) is 0 Å². The Morgan fingerprint density at radius 1 is 1.25 bits per heavy atom. The van der Waals surface area contributed by atoms with E-state index in [1.165, 1.54) is 18.4 Å². The van der Waals surface area contributed by atoms with E-state index < -0.39 is 0 Å². The van der Waals surface area contributed by atoms with Gasteiger partial charge in [-0.2, -0.15) is 11.3 Å². The Morgan fingerprint density at radius 3 is 2.60 bits per heavy atom. The summed E-state index contributed by atoms with van der Waals surface area (Å²) in [7, 11) is 0. The summed E-state index contributed by atoms with van der Waals surface area (Å²) in [6.45, 7) is 1.42. The highest BCUT2D eigenvalue weighted by Crippen LogP contribution is 2.28. The number of ketones is 1. The highest BCUT2D eigenvalue weighted by molar-refractivity contribution is 14.1. The molecular formula is C16H16INOS. The van der Waals surface area contributed by atoms with Crippen LogP contribution in [0.5, 0.6) is 0 Å². The number of rotatable bonds is 6. The summed E-state index contributed by atoms with van der Waals surface area (Å²) in [5, 5.41) is 4.27. The van der Waals surface area contributed by atoms with Crippen molar-refractivity contribution in [2.45, 2.75) is 25.4 Å². The fourth-order valence-electron chi connectivity index (χ4n) is 2.28. The van der Waals surface area contributed by atoms with Gasteiger partial charge in [-0.05, 0) is 70.0 Å². The first kappa shape index (κ1) is 14.2. The zero-order valence-electron chi connectivity index (χ0n) is 11.1. The highest BCUT2D eigenvalue weighted by Gasteiger charge is 2.30. The summed E-state index contributed by atoms with van der Waals surface area (Å²) in [5.41, 5.74) is 2.14. The Morgan fingerprint density at radius 2 is 2.00 bits per heavy atom. The summed E-state index contributed by atoms with van der Waals surface area (Å²) in [4.78, 5) is 14.7. The summed E-state index contributed by atoms with van der Waals surface area (Å²) in [6, 6.07) is 10.6. The third-order valence-corrected chi connectivity index (χ3v) is 4.99. The molecule has 104 valence electrons. The SMILES string of the molecule is O=C(CN(Cc1ccsc1)C1CC1)c1ccc(I)cc1. The van der Waals surface area contributed by atoms with E-state index in [4.69, 9.17) is 0 Å². The van der Waals surface area contributed by atoms with Gasteiger partial charge in [0.1, 0.15) is 0 Å². The van der Waals surface area contributed by atoms with E-state index in [0.717, 1.165) is 15.7 Å². The predicted octanol–water partition coefficient (Wildman–Crippen LogP) is 4.20. The Hall–Kier alpha value is -0.720. The molecule has 1 saturated carbocycles.